The lowest BCUT2D eigenvalue weighted by atomic mass is 10.1. The molecule has 2 N–H and O–H groups in total. The molecule has 0 spiro atoms. The van der Waals surface area contributed by atoms with Gasteiger partial charge in [-0.2, -0.15) is 0 Å². The van der Waals surface area contributed by atoms with Crippen LogP contribution < -0.4 is 11.3 Å². The molecule has 0 radical (unpaired) electrons. The lowest BCUT2D eigenvalue weighted by molar-refractivity contribution is 0.728. The van der Waals surface area contributed by atoms with Gasteiger partial charge in [0.1, 0.15) is 4.99 Å². The second-order valence-corrected chi connectivity index (χ2v) is 5.59. The van der Waals surface area contributed by atoms with Crippen molar-refractivity contribution in [3.8, 4) is 0 Å². The number of hydrogen-bond donors (Lipinski definition) is 1. The van der Waals surface area contributed by atoms with Gasteiger partial charge in [0.2, 0.25) is 0 Å². The van der Waals surface area contributed by atoms with Gasteiger partial charge in [-0.05, 0) is 43.2 Å². The van der Waals surface area contributed by atoms with Crippen LogP contribution in [0.4, 0.5) is 0 Å². The summed E-state index contributed by atoms with van der Waals surface area (Å²) < 4.78 is 1.63. The predicted octanol–water partition coefficient (Wildman–Crippen LogP) is 2.80. The van der Waals surface area contributed by atoms with Gasteiger partial charge in [-0.25, -0.2) is 0 Å². The van der Waals surface area contributed by atoms with Crippen LogP contribution in [0.1, 0.15) is 22.4 Å². The topological polar surface area (TPSA) is 48.0 Å². The third-order valence-corrected chi connectivity index (χ3v) is 3.77. The highest BCUT2D eigenvalue weighted by Crippen LogP contribution is 2.18. The van der Waals surface area contributed by atoms with Crippen LogP contribution in [0.15, 0.2) is 35.1 Å². The number of nitrogens with two attached hydrogens (primary N) is 1. The van der Waals surface area contributed by atoms with Gasteiger partial charge in [0, 0.05) is 10.7 Å². The van der Waals surface area contributed by atoms with Crippen LogP contribution in [-0.2, 0) is 6.54 Å². The Bertz CT molecular complexity index is 737. The van der Waals surface area contributed by atoms with Crippen LogP contribution in [-0.4, -0.2) is 9.56 Å². The first-order chi connectivity index (χ1) is 9.40. The van der Waals surface area contributed by atoms with E-state index in [1.165, 1.54) is 0 Å². The molecule has 0 fully saturated rings. The minimum absolute atomic E-state index is 0.110. The van der Waals surface area contributed by atoms with Crippen molar-refractivity contribution in [2.45, 2.75) is 20.4 Å². The third-order valence-electron chi connectivity index (χ3n) is 3.20. The second-order valence-electron chi connectivity index (χ2n) is 4.74. The Morgan fingerprint density at radius 3 is 2.60 bits per heavy atom. The number of pyridine rings is 1. The molecule has 2 rings (SSSR count). The molecule has 0 aliphatic carbocycles. The number of hydrogen-bond acceptors (Lipinski definition) is 2. The fourth-order valence-corrected chi connectivity index (χ4v) is 2.46. The maximum Gasteiger partial charge on any atom is 0.261 e. The van der Waals surface area contributed by atoms with Crippen molar-refractivity contribution in [2.75, 3.05) is 0 Å². The lowest BCUT2D eigenvalue weighted by Gasteiger charge is -2.13. The molecule has 0 aliphatic heterocycles. The van der Waals surface area contributed by atoms with E-state index in [2.05, 4.69) is 0 Å². The van der Waals surface area contributed by atoms with Crippen molar-refractivity contribution < 1.29 is 0 Å². The molecular weight excluding hydrogens is 292 g/mol. The monoisotopic (exact) mass is 306 g/mol. The molecule has 0 amide bonds. The lowest BCUT2D eigenvalue weighted by Crippen LogP contribution is -2.30. The number of aryl methyl sites for hydroxylation is 2. The fourth-order valence-electron chi connectivity index (χ4n) is 2.01. The maximum absolute atomic E-state index is 12.4. The molecule has 1 aromatic heterocycles. The molecule has 0 aliphatic rings. The molecule has 20 heavy (non-hydrogen) atoms. The van der Waals surface area contributed by atoms with Gasteiger partial charge in [-0.15, -0.1) is 0 Å². The summed E-state index contributed by atoms with van der Waals surface area (Å²) in [5.41, 5.74) is 8.55. The highest BCUT2D eigenvalue weighted by atomic mass is 35.5. The minimum Gasteiger partial charge on any atom is -0.389 e. The van der Waals surface area contributed by atoms with Crippen LogP contribution in [0.5, 0.6) is 0 Å². The highest BCUT2D eigenvalue weighted by Gasteiger charge is 2.10. The van der Waals surface area contributed by atoms with Crippen LogP contribution >= 0.6 is 23.8 Å². The SMILES string of the molecule is Cc1ccc(Cn2c(C)ccc(C(N)=S)c2=O)c(Cl)c1. The van der Waals surface area contributed by atoms with Gasteiger partial charge in [-0.3, -0.25) is 4.79 Å². The van der Waals surface area contributed by atoms with E-state index < -0.39 is 0 Å². The average molecular weight is 307 g/mol. The smallest absolute Gasteiger partial charge is 0.261 e. The highest BCUT2D eigenvalue weighted by molar-refractivity contribution is 7.80. The second kappa shape index (κ2) is 5.77. The molecule has 0 atom stereocenters. The Morgan fingerprint density at radius 1 is 1.30 bits per heavy atom. The predicted molar refractivity (Wildman–Crippen MR) is 86.6 cm³/mol. The van der Waals surface area contributed by atoms with E-state index >= 15 is 0 Å². The first-order valence-corrected chi connectivity index (χ1v) is 6.94. The number of benzene rings is 1. The summed E-state index contributed by atoms with van der Waals surface area (Å²) in [6, 6.07) is 9.27. The van der Waals surface area contributed by atoms with E-state index in [9.17, 15) is 4.79 Å². The largest absolute Gasteiger partial charge is 0.389 e. The van der Waals surface area contributed by atoms with E-state index in [0.717, 1.165) is 16.8 Å². The van der Waals surface area contributed by atoms with Crippen LogP contribution in [0.2, 0.25) is 5.02 Å². The molecule has 3 nitrogen and oxygen atoms in total. The molecule has 0 bridgehead atoms. The Hall–Kier alpha value is -1.65. The van der Waals surface area contributed by atoms with Crippen molar-refractivity contribution in [3.05, 3.63) is 68.1 Å². The first-order valence-electron chi connectivity index (χ1n) is 6.15. The minimum atomic E-state index is -0.186. The Morgan fingerprint density at radius 2 is 2.00 bits per heavy atom. The zero-order valence-corrected chi connectivity index (χ0v) is 12.9. The molecule has 0 unspecified atom stereocenters. The molecule has 0 saturated carbocycles. The van der Waals surface area contributed by atoms with Crippen LogP contribution in [0.3, 0.4) is 0 Å². The van der Waals surface area contributed by atoms with Gasteiger partial charge >= 0.3 is 0 Å². The van der Waals surface area contributed by atoms with E-state index in [-0.39, 0.29) is 10.5 Å². The van der Waals surface area contributed by atoms with Crippen molar-refractivity contribution in [2.24, 2.45) is 5.73 Å². The van der Waals surface area contributed by atoms with E-state index in [1.54, 1.807) is 10.6 Å². The van der Waals surface area contributed by atoms with Crippen LogP contribution in [0, 0.1) is 13.8 Å². The molecule has 104 valence electrons. The molecule has 1 heterocycles. The number of nitrogens with zero attached hydrogens (tertiary/aromatic N) is 1. The summed E-state index contributed by atoms with van der Waals surface area (Å²) in [6.45, 7) is 4.24. The number of aromatic nitrogens is 1. The van der Waals surface area contributed by atoms with Crippen molar-refractivity contribution >= 4 is 28.8 Å². The van der Waals surface area contributed by atoms with Crippen LogP contribution in [0.25, 0.3) is 0 Å². The average Bonchev–Trinajstić information content (AvgIpc) is 2.36. The fraction of sp³-hybridized carbons (Fsp3) is 0.200. The molecule has 1 aromatic carbocycles. The number of thiocarbonyl (C=S) groups is 1. The molecule has 2 aromatic rings. The summed E-state index contributed by atoms with van der Waals surface area (Å²) in [7, 11) is 0. The Balaban J connectivity index is 2.51. The van der Waals surface area contributed by atoms with E-state index in [4.69, 9.17) is 29.6 Å². The summed E-state index contributed by atoms with van der Waals surface area (Å²) >= 11 is 11.1. The van der Waals surface area contributed by atoms with Crippen molar-refractivity contribution in [1.82, 2.24) is 4.57 Å². The van der Waals surface area contributed by atoms with Crippen molar-refractivity contribution in [3.63, 3.8) is 0 Å². The number of rotatable bonds is 3. The Kier molecular flexibility index (Phi) is 4.26. The first kappa shape index (κ1) is 14.8. The van der Waals surface area contributed by atoms with E-state index in [1.807, 2.05) is 38.1 Å². The van der Waals surface area contributed by atoms with Crippen molar-refractivity contribution in [1.29, 1.82) is 0 Å². The standard InChI is InChI=1S/C15H15ClN2OS/c1-9-3-5-11(13(16)7-9)8-18-10(2)4-6-12(14(17)20)15(18)19/h3-7H,8H2,1-2H3,(H2,17,20). The Labute approximate surface area is 128 Å². The maximum atomic E-state index is 12.4. The summed E-state index contributed by atoms with van der Waals surface area (Å²) in [4.78, 5) is 12.5. The quantitative estimate of drug-likeness (QED) is 0.887. The van der Waals surface area contributed by atoms with Gasteiger partial charge in [-0.1, -0.05) is 36.0 Å². The molecule has 5 heteroatoms. The zero-order chi connectivity index (χ0) is 14.9. The van der Waals surface area contributed by atoms with Gasteiger partial charge < -0.3 is 10.3 Å². The van der Waals surface area contributed by atoms with Gasteiger partial charge in [0.15, 0.2) is 0 Å². The summed E-state index contributed by atoms with van der Waals surface area (Å²) in [5.74, 6) is 0. The zero-order valence-electron chi connectivity index (χ0n) is 11.3. The van der Waals surface area contributed by atoms with E-state index in [0.29, 0.717) is 17.1 Å². The van der Waals surface area contributed by atoms with Gasteiger partial charge in [0.05, 0.1) is 12.1 Å². The number of halogens is 1. The normalized spacial score (nSPS) is 10.6. The molecular formula is C15H15ClN2OS. The third kappa shape index (κ3) is 2.92. The molecule has 0 saturated heterocycles. The summed E-state index contributed by atoms with van der Waals surface area (Å²) in [6.07, 6.45) is 0. The summed E-state index contributed by atoms with van der Waals surface area (Å²) in [5, 5.41) is 0.650. The van der Waals surface area contributed by atoms with Gasteiger partial charge in [0.25, 0.3) is 5.56 Å².